The molecule has 0 fully saturated rings. The topological polar surface area (TPSA) is 27.3 Å². The number of hydrogen-bond acceptors (Lipinski definition) is 3. The SMILES string of the molecule is CC1=CC(C)(C)N(Cc2ccccc2)c2ccc(CNNc3ccccc3)cc21. The molecule has 0 radical (unpaired) electrons. The normalized spacial score (nSPS) is 14.9. The highest BCUT2D eigenvalue weighted by atomic mass is 15.3. The molecule has 0 amide bonds. The van der Waals surface area contributed by atoms with Crippen LogP contribution in [-0.2, 0) is 13.1 Å². The Kier molecular flexibility index (Phi) is 5.41. The van der Waals surface area contributed by atoms with Crippen molar-refractivity contribution in [1.29, 1.82) is 0 Å². The van der Waals surface area contributed by atoms with Gasteiger partial charge >= 0.3 is 0 Å². The van der Waals surface area contributed by atoms with Crippen LogP contribution in [0.25, 0.3) is 5.57 Å². The molecule has 0 saturated heterocycles. The van der Waals surface area contributed by atoms with Gasteiger partial charge in [0.15, 0.2) is 0 Å². The first-order valence-electron chi connectivity index (χ1n) is 10.2. The van der Waals surface area contributed by atoms with Gasteiger partial charge in [0.25, 0.3) is 0 Å². The molecule has 148 valence electrons. The zero-order chi connectivity index (χ0) is 20.3. The van der Waals surface area contributed by atoms with Crippen LogP contribution in [0.2, 0.25) is 0 Å². The summed E-state index contributed by atoms with van der Waals surface area (Å²) < 4.78 is 0. The maximum atomic E-state index is 3.32. The first kappa shape index (κ1) is 19.3. The first-order chi connectivity index (χ1) is 14.0. The van der Waals surface area contributed by atoms with E-state index >= 15 is 0 Å². The number of nitrogens with zero attached hydrogens (tertiary/aromatic N) is 1. The summed E-state index contributed by atoms with van der Waals surface area (Å²) in [5, 5.41) is 0. The summed E-state index contributed by atoms with van der Waals surface area (Å²) >= 11 is 0. The van der Waals surface area contributed by atoms with E-state index in [1.54, 1.807) is 0 Å². The fourth-order valence-corrected chi connectivity index (χ4v) is 4.07. The molecule has 3 aromatic carbocycles. The highest BCUT2D eigenvalue weighted by Crippen LogP contribution is 2.40. The zero-order valence-electron chi connectivity index (χ0n) is 17.4. The van der Waals surface area contributed by atoms with Crippen molar-refractivity contribution in [1.82, 2.24) is 5.43 Å². The van der Waals surface area contributed by atoms with Gasteiger partial charge in [-0.05, 0) is 61.7 Å². The molecule has 1 aliphatic heterocycles. The van der Waals surface area contributed by atoms with Crippen LogP contribution < -0.4 is 15.8 Å². The standard InChI is InChI=1S/C26H29N3/c1-20-17-26(2,3)29(19-21-10-6-4-7-11-21)25-15-14-22(16-24(20)25)18-27-28-23-12-8-5-9-13-23/h4-17,27-28H,18-19H2,1-3H3. The summed E-state index contributed by atoms with van der Waals surface area (Å²) in [4.78, 5) is 2.50. The van der Waals surface area contributed by atoms with Crippen molar-refractivity contribution in [2.45, 2.75) is 39.4 Å². The molecule has 29 heavy (non-hydrogen) atoms. The van der Waals surface area contributed by atoms with E-state index in [4.69, 9.17) is 0 Å². The predicted octanol–water partition coefficient (Wildman–Crippen LogP) is 6.01. The molecule has 3 aromatic rings. The van der Waals surface area contributed by atoms with E-state index in [-0.39, 0.29) is 5.54 Å². The Bertz CT molecular complexity index is 991. The molecule has 0 unspecified atom stereocenters. The molecule has 0 atom stereocenters. The van der Waals surface area contributed by atoms with Crippen LogP contribution in [0.4, 0.5) is 11.4 Å². The lowest BCUT2D eigenvalue weighted by atomic mass is 9.87. The van der Waals surface area contributed by atoms with Crippen LogP contribution in [0.15, 0.2) is 84.9 Å². The molecule has 0 aliphatic carbocycles. The molecule has 4 rings (SSSR count). The molecule has 3 heteroatoms. The van der Waals surface area contributed by atoms with E-state index in [1.807, 2.05) is 18.2 Å². The van der Waals surface area contributed by atoms with E-state index in [0.717, 1.165) is 18.8 Å². The largest absolute Gasteiger partial charge is 0.358 e. The third-order valence-electron chi connectivity index (χ3n) is 5.52. The lowest BCUT2D eigenvalue weighted by Gasteiger charge is -2.43. The van der Waals surface area contributed by atoms with Crippen molar-refractivity contribution < 1.29 is 0 Å². The molecular formula is C26H29N3. The van der Waals surface area contributed by atoms with Crippen LogP contribution in [0.1, 0.15) is 37.5 Å². The van der Waals surface area contributed by atoms with Crippen molar-refractivity contribution in [3.05, 3.63) is 102 Å². The quantitative estimate of drug-likeness (QED) is 0.511. The Balaban J connectivity index is 1.55. The maximum absolute atomic E-state index is 3.32. The van der Waals surface area contributed by atoms with Gasteiger partial charge in [-0.15, -0.1) is 0 Å². The number of allylic oxidation sites excluding steroid dienone is 1. The second kappa shape index (κ2) is 8.14. The van der Waals surface area contributed by atoms with E-state index < -0.39 is 0 Å². The highest BCUT2D eigenvalue weighted by molar-refractivity contribution is 5.81. The number of rotatable bonds is 6. The molecule has 0 aromatic heterocycles. The van der Waals surface area contributed by atoms with Crippen molar-refractivity contribution in [2.24, 2.45) is 0 Å². The summed E-state index contributed by atoms with van der Waals surface area (Å²) in [6.07, 6.45) is 2.39. The molecule has 2 N–H and O–H groups in total. The third-order valence-corrected chi connectivity index (χ3v) is 5.52. The van der Waals surface area contributed by atoms with Gasteiger partial charge in [-0.2, -0.15) is 0 Å². The van der Waals surface area contributed by atoms with Gasteiger partial charge in [0.2, 0.25) is 0 Å². The predicted molar refractivity (Wildman–Crippen MR) is 124 cm³/mol. The lowest BCUT2D eigenvalue weighted by Crippen LogP contribution is -2.44. The molecule has 0 bridgehead atoms. The van der Waals surface area contributed by atoms with E-state index in [2.05, 4.69) is 103 Å². The first-order valence-corrected chi connectivity index (χ1v) is 10.2. The minimum absolute atomic E-state index is 0.0262. The number of nitrogens with one attached hydrogen (secondary N) is 2. The Labute approximate surface area is 174 Å². The van der Waals surface area contributed by atoms with Crippen LogP contribution in [-0.4, -0.2) is 5.54 Å². The van der Waals surface area contributed by atoms with Gasteiger partial charge in [0.1, 0.15) is 0 Å². The Morgan fingerprint density at radius 1 is 0.828 bits per heavy atom. The number of hydrogen-bond donors (Lipinski definition) is 2. The Morgan fingerprint density at radius 2 is 1.52 bits per heavy atom. The minimum atomic E-state index is -0.0262. The van der Waals surface area contributed by atoms with Gasteiger partial charge < -0.3 is 10.3 Å². The number of para-hydroxylation sites is 1. The van der Waals surface area contributed by atoms with Gasteiger partial charge in [-0.1, -0.05) is 60.7 Å². The van der Waals surface area contributed by atoms with Crippen molar-refractivity contribution in [2.75, 3.05) is 10.3 Å². The summed E-state index contributed by atoms with van der Waals surface area (Å²) in [5.74, 6) is 0. The molecule has 1 heterocycles. The third kappa shape index (κ3) is 4.36. The summed E-state index contributed by atoms with van der Waals surface area (Å²) in [6.45, 7) is 8.47. The average Bonchev–Trinajstić information content (AvgIpc) is 2.72. The lowest BCUT2D eigenvalue weighted by molar-refractivity contribution is 0.551. The fourth-order valence-electron chi connectivity index (χ4n) is 4.07. The Morgan fingerprint density at radius 3 is 2.24 bits per heavy atom. The maximum Gasteiger partial charge on any atom is 0.0538 e. The molecule has 0 spiro atoms. The summed E-state index contributed by atoms with van der Waals surface area (Å²) in [7, 11) is 0. The number of hydrazine groups is 1. The molecule has 3 nitrogen and oxygen atoms in total. The minimum Gasteiger partial charge on any atom is -0.358 e. The van der Waals surface area contributed by atoms with Gasteiger partial charge in [-0.3, -0.25) is 0 Å². The van der Waals surface area contributed by atoms with Crippen molar-refractivity contribution >= 4 is 16.9 Å². The van der Waals surface area contributed by atoms with Crippen molar-refractivity contribution in [3.8, 4) is 0 Å². The summed E-state index contributed by atoms with van der Waals surface area (Å²) in [5.41, 5.74) is 14.2. The van der Waals surface area contributed by atoms with Gasteiger partial charge in [0, 0.05) is 30.0 Å². The molecular weight excluding hydrogens is 354 g/mol. The van der Waals surface area contributed by atoms with Gasteiger partial charge in [0.05, 0.1) is 5.54 Å². The second-order valence-electron chi connectivity index (χ2n) is 8.25. The number of benzene rings is 3. The van der Waals surface area contributed by atoms with Crippen LogP contribution in [0.5, 0.6) is 0 Å². The fraction of sp³-hybridized carbons (Fsp3) is 0.231. The highest BCUT2D eigenvalue weighted by Gasteiger charge is 2.31. The van der Waals surface area contributed by atoms with E-state index in [9.17, 15) is 0 Å². The monoisotopic (exact) mass is 383 g/mol. The van der Waals surface area contributed by atoms with Gasteiger partial charge in [-0.25, -0.2) is 5.43 Å². The second-order valence-corrected chi connectivity index (χ2v) is 8.25. The zero-order valence-corrected chi connectivity index (χ0v) is 17.4. The van der Waals surface area contributed by atoms with Crippen LogP contribution in [0.3, 0.4) is 0 Å². The smallest absolute Gasteiger partial charge is 0.0538 e. The Hall–Kier alpha value is -3.04. The van der Waals surface area contributed by atoms with Crippen molar-refractivity contribution in [3.63, 3.8) is 0 Å². The molecule has 0 saturated carbocycles. The van der Waals surface area contributed by atoms with E-state index in [0.29, 0.717) is 0 Å². The van der Waals surface area contributed by atoms with Crippen LogP contribution >= 0.6 is 0 Å². The average molecular weight is 384 g/mol. The number of anilines is 2. The molecule has 1 aliphatic rings. The number of fused-ring (bicyclic) bond motifs is 1. The van der Waals surface area contributed by atoms with E-state index in [1.165, 1.54) is 28.0 Å². The summed E-state index contributed by atoms with van der Waals surface area (Å²) in [6, 6.07) is 27.7. The van der Waals surface area contributed by atoms with Crippen LogP contribution in [0, 0.1) is 0 Å².